The van der Waals surface area contributed by atoms with Gasteiger partial charge in [0.25, 0.3) is 0 Å². The second kappa shape index (κ2) is 13.4. The highest BCUT2D eigenvalue weighted by molar-refractivity contribution is 5.45. The normalized spacial score (nSPS) is 10.6. The third-order valence-corrected chi connectivity index (χ3v) is 4.02. The molecular formula is C23H31NO4. The van der Waals surface area contributed by atoms with Gasteiger partial charge in [0.2, 0.25) is 6.79 Å². The highest BCUT2D eigenvalue weighted by Gasteiger charge is 1.99. The number of rotatable bonds is 14. The molecule has 0 atom stereocenters. The minimum absolute atomic E-state index is 0.161. The predicted octanol–water partition coefficient (Wildman–Crippen LogP) is 5.63. The Labute approximate surface area is 168 Å². The van der Waals surface area contributed by atoms with Crippen LogP contribution in [0.4, 0.5) is 5.69 Å². The number of benzene rings is 2. The van der Waals surface area contributed by atoms with Gasteiger partial charge in [-0.3, -0.25) is 0 Å². The van der Waals surface area contributed by atoms with Crippen LogP contribution in [0.1, 0.15) is 32.6 Å². The average Bonchev–Trinajstić information content (AvgIpc) is 2.74. The van der Waals surface area contributed by atoms with Gasteiger partial charge in [-0.15, -0.1) is 0 Å². The first-order chi connectivity index (χ1) is 13.8. The molecule has 0 aliphatic rings. The lowest BCUT2D eigenvalue weighted by Gasteiger charge is -2.10. The molecule has 2 aromatic rings. The highest BCUT2D eigenvalue weighted by Crippen LogP contribution is 2.19. The number of hydrogen-bond donors (Lipinski definition) is 1. The second-order valence-corrected chi connectivity index (χ2v) is 6.21. The molecule has 1 N–H and O–H groups in total. The maximum atomic E-state index is 5.75. The molecule has 0 saturated carbocycles. The third kappa shape index (κ3) is 8.71. The molecular weight excluding hydrogens is 354 g/mol. The summed E-state index contributed by atoms with van der Waals surface area (Å²) in [5.41, 5.74) is 1.04. The molecule has 0 fully saturated rings. The van der Waals surface area contributed by atoms with Crippen molar-refractivity contribution in [3.05, 3.63) is 60.9 Å². The molecule has 0 aliphatic heterocycles. The monoisotopic (exact) mass is 385 g/mol. The summed E-state index contributed by atoms with van der Waals surface area (Å²) in [5, 5.41) is 3.07. The van der Waals surface area contributed by atoms with Crippen LogP contribution in [0.15, 0.2) is 60.9 Å². The largest absolute Gasteiger partial charge is 0.502 e. The Morgan fingerprint density at radius 2 is 1.32 bits per heavy atom. The molecule has 5 nitrogen and oxygen atoms in total. The number of hydrogen-bond acceptors (Lipinski definition) is 5. The van der Waals surface area contributed by atoms with E-state index in [-0.39, 0.29) is 6.79 Å². The van der Waals surface area contributed by atoms with Gasteiger partial charge in [-0.1, -0.05) is 13.0 Å². The van der Waals surface area contributed by atoms with Gasteiger partial charge < -0.3 is 24.3 Å². The van der Waals surface area contributed by atoms with Crippen molar-refractivity contribution >= 4 is 5.69 Å². The van der Waals surface area contributed by atoms with E-state index in [9.17, 15) is 0 Å². The Bertz CT molecular complexity index is 668. The van der Waals surface area contributed by atoms with E-state index in [2.05, 4.69) is 12.2 Å². The lowest BCUT2D eigenvalue weighted by atomic mass is 10.2. The van der Waals surface area contributed by atoms with Crippen LogP contribution in [-0.2, 0) is 4.74 Å². The number of nitrogens with one attached hydrogen (secondary N) is 1. The van der Waals surface area contributed by atoms with Gasteiger partial charge >= 0.3 is 0 Å². The Balaban J connectivity index is 1.56. The molecule has 0 aromatic heterocycles. The molecule has 0 radical (unpaired) electrons. The Kier molecular flexibility index (Phi) is 10.3. The van der Waals surface area contributed by atoms with Gasteiger partial charge in [0, 0.05) is 12.7 Å². The molecule has 2 rings (SSSR count). The van der Waals surface area contributed by atoms with Crippen molar-refractivity contribution in [3.8, 4) is 17.2 Å². The summed E-state index contributed by atoms with van der Waals surface area (Å²) in [7, 11) is 1.88. The van der Waals surface area contributed by atoms with Crippen molar-refractivity contribution in [2.75, 3.05) is 32.4 Å². The minimum Gasteiger partial charge on any atom is -0.502 e. The van der Waals surface area contributed by atoms with Crippen LogP contribution in [0.3, 0.4) is 0 Å². The summed E-state index contributed by atoms with van der Waals surface area (Å²) in [6.07, 6.45) is 7.96. The van der Waals surface area contributed by atoms with E-state index < -0.39 is 0 Å². The van der Waals surface area contributed by atoms with Crippen molar-refractivity contribution < 1.29 is 18.9 Å². The molecule has 28 heavy (non-hydrogen) atoms. The summed E-state index contributed by atoms with van der Waals surface area (Å²) in [6, 6.07) is 15.3. The molecule has 152 valence electrons. The van der Waals surface area contributed by atoms with Crippen molar-refractivity contribution in [3.63, 3.8) is 0 Å². The Hall–Kier alpha value is -2.82. The first kappa shape index (κ1) is 21.5. The van der Waals surface area contributed by atoms with Gasteiger partial charge in [-0.25, -0.2) is 0 Å². The lowest BCUT2D eigenvalue weighted by molar-refractivity contribution is 0.120. The highest BCUT2D eigenvalue weighted by atomic mass is 16.7. The van der Waals surface area contributed by atoms with Crippen molar-refractivity contribution in [2.24, 2.45) is 0 Å². The molecule has 0 spiro atoms. The van der Waals surface area contributed by atoms with Gasteiger partial charge in [-0.2, -0.15) is 0 Å². The van der Waals surface area contributed by atoms with Crippen molar-refractivity contribution in [1.82, 2.24) is 0 Å². The standard InChI is InChI=1S/C23H31NO4/c1-3-4-16-25-17-6-5-7-18-26-21-12-14-23(15-13-21)28-19-27-22-10-8-20(24-2)9-11-22/h4,8-16,24H,3,5-7,17-19H2,1-2H3. The smallest absolute Gasteiger partial charge is 0.230 e. The summed E-state index contributed by atoms with van der Waals surface area (Å²) in [4.78, 5) is 0. The fourth-order valence-electron chi connectivity index (χ4n) is 2.40. The summed E-state index contributed by atoms with van der Waals surface area (Å²) in [5.74, 6) is 2.36. The van der Waals surface area contributed by atoms with Crippen LogP contribution in [0.5, 0.6) is 17.2 Å². The maximum Gasteiger partial charge on any atom is 0.230 e. The van der Waals surface area contributed by atoms with Crippen LogP contribution in [0.25, 0.3) is 0 Å². The molecule has 0 unspecified atom stereocenters. The molecule has 5 heteroatoms. The lowest BCUT2D eigenvalue weighted by Crippen LogP contribution is -2.05. The summed E-state index contributed by atoms with van der Waals surface area (Å²) in [6.45, 7) is 3.73. The molecule has 0 aliphatic carbocycles. The third-order valence-electron chi connectivity index (χ3n) is 4.02. The zero-order valence-electron chi connectivity index (χ0n) is 16.9. The van der Waals surface area contributed by atoms with Gasteiger partial charge in [0.1, 0.15) is 17.2 Å². The van der Waals surface area contributed by atoms with Gasteiger partial charge in [-0.05, 0) is 74.2 Å². The minimum atomic E-state index is 0.161. The van der Waals surface area contributed by atoms with E-state index in [1.807, 2.05) is 61.7 Å². The van der Waals surface area contributed by atoms with Crippen LogP contribution >= 0.6 is 0 Å². The number of anilines is 1. The van der Waals surface area contributed by atoms with Crippen molar-refractivity contribution in [2.45, 2.75) is 32.6 Å². The topological polar surface area (TPSA) is 49.0 Å². The van der Waals surface area contributed by atoms with Crippen molar-refractivity contribution in [1.29, 1.82) is 0 Å². The van der Waals surface area contributed by atoms with E-state index in [0.717, 1.165) is 55.2 Å². The molecule has 0 amide bonds. The maximum absolute atomic E-state index is 5.75. The Morgan fingerprint density at radius 3 is 1.93 bits per heavy atom. The van der Waals surface area contributed by atoms with E-state index in [1.54, 1.807) is 6.26 Å². The van der Waals surface area contributed by atoms with E-state index in [0.29, 0.717) is 6.61 Å². The van der Waals surface area contributed by atoms with E-state index in [4.69, 9.17) is 18.9 Å². The fraction of sp³-hybridized carbons (Fsp3) is 0.391. The first-order valence-corrected chi connectivity index (χ1v) is 9.84. The molecule has 0 saturated heterocycles. The number of allylic oxidation sites excluding steroid dienone is 1. The van der Waals surface area contributed by atoms with E-state index >= 15 is 0 Å². The van der Waals surface area contributed by atoms with Crippen LogP contribution in [0, 0.1) is 0 Å². The zero-order valence-corrected chi connectivity index (χ0v) is 16.9. The quantitative estimate of drug-likeness (QED) is 0.259. The van der Waals surface area contributed by atoms with Gasteiger partial charge in [0.15, 0.2) is 0 Å². The first-order valence-electron chi connectivity index (χ1n) is 9.84. The fourth-order valence-corrected chi connectivity index (χ4v) is 2.40. The predicted molar refractivity (Wildman–Crippen MR) is 113 cm³/mol. The second-order valence-electron chi connectivity index (χ2n) is 6.21. The summed E-state index contributed by atoms with van der Waals surface area (Å²) < 4.78 is 22.3. The van der Waals surface area contributed by atoms with Crippen LogP contribution < -0.4 is 19.5 Å². The van der Waals surface area contributed by atoms with Gasteiger partial charge in [0.05, 0.1) is 19.5 Å². The molecule has 0 heterocycles. The molecule has 2 aromatic carbocycles. The average molecular weight is 386 g/mol. The number of ether oxygens (including phenoxy) is 4. The van der Waals surface area contributed by atoms with Crippen LogP contribution in [-0.4, -0.2) is 27.1 Å². The Morgan fingerprint density at radius 1 is 0.750 bits per heavy atom. The van der Waals surface area contributed by atoms with Crippen LogP contribution in [0.2, 0.25) is 0 Å². The number of unbranched alkanes of at least 4 members (excludes halogenated alkanes) is 2. The molecule has 0 bridgehead atoms. The SMILES string of the molecule is CCC=COCCCCCOc1ccc(OCOc2ccc(NC)cc2)cc1. The summed E-state index contributed by atoms with van der Waals surface area (Å²) >= 11 is 0. The van der Waals surface area contributed by atoms with E-state index in [1.165, 1.54) is 0 Å². The zero-order chi connectivity index (χ0) is 19.9.